The lowest BCUT2D eigenvalue weighted by atomic mass is 9.76. The lowest BCUT2D eigenvalue weighted by Crippen LogP contribution is -2.33. The molecule has 2 fully saturated rings. The van der Waals surface area contributed by atoms with Gasteiger partial charge in [0.2, 0.25) is 5.60 Å². The summed E-state index contributed by atoms with van der Waals surface area (Å²) >= 11 is 0. The quantitative estimate of drug-likeness (QED) is 0.654. The van der Waals surface area contributed by atoms with Gasteiger partial charge < -0.3 is 9.84 Å². The molecule has 0 radical (unpaired) electrons. The Labute approximate surface area is 78.1 Å². The fraction of sp³-hybridized carbons (Fsp3) is 0.900. The van der Waals surface area contributed by atoms with Crippen molar-refractivity contribution in [2.75, 3.05) is 6.61 Å². The molecule has 0 aromatic carbocycles. The summed E-state index contributed by atoms with van der Waals surface area (Å²) in [5.74, 6) is 0.724. The van der Waals surface area contributed by atoms with Crippen LogP contribution in [0.5, 0.6) is 0 Å². The van der Waals surface area contributed by atoms with Crippen molar-refractivity contribution in [3.05, 3.63) is 0 Å². The highest BCUT2D eigenvalue weighted by molar-refractivity contribution is 5.93. The molecule has 1 aliphatic heterocycles. The minimum Gasteiger partial charge on any atom is -0.441 e. The normalized spacial score (nSPS) is 44.3. The molecule has 0 spiro atoms. The van der Waals surface area contributed by atoms with E-state index in [9.17, 15) is 4.79 Å². The first-order valence-electron chi connectivity index (χ1n) is 5.03. The standard InChI is InChI=1S/C10H16O3/c1-7-3-2-4-8(5-7)10(6-11)9(12)13-10/h7-8,11H,2-6H2,1H3. The number of carbonyl (C=O) groups is 1. The van der Waals surface area contributed by atoms with Crippen LogP contribution < -0.4 is 0 Å². The first kappa shape index (κ1) is 9.00. The summed E-state index contributed by atoms with van der Waals surface area (Å²) < 4.78 is 4.95. The number of ether oxygens (including phenoxy) is 1. The van der Waals surface area contributed by atoms with Crippen LogP contribution in [0.1, 0.15) is 32.6 Å². The van der Waals surface area contributed by atoms with Crippen LogP contribution in [0, 0.1) is 11.8 Å². The van der Waals surface area contributed by atoms with Crippen molar-refractivity contribution in [3.63, 3.8) is 0 Å². The summed E-state index contributed by atoms with van der Waals surface area (Å²) in [4.78, 5) is 11.1. The summed E-state index contributed by atoms with van der Waals surface area (Å²) in [6, 6.07) is 0. The molecule has 3 nitrogen and oxygen atoms in total. The first-order valence-corrected chi connectivity index (χ1v) is 5.03. The molecular weight excluding hydrogens is 168 g/mol. The summed E-state index contributed by atoms with van der Waals surface area (Å²) in [6.45, 7) is 2.06. The smallest absolute Gasteiger partial charge is 0.354 e. The summed E-state index contributed by atoms with van der Waals surface area (Å²) in [7, 11) is 0. The minimum atomic E-state index is -0.783. The van der Waals surface area contributed by atoms with Gasteiger partial charge in [-0.2, -0.15) is 0 Å². The third-order valence-corrected chi connectivity index (χ3v) is 3.41. The van der Waals surface area contributed by atoms with E-state index >= 15 is 0 Å². The van der Waals surface area contributed by atoms with Crippen molar-refractivity contribution in [2.24, 2.45) is 11.8 Å². The van der Waals surface area contributed by atoms with Crippen molar-refractivity contribution >= 4 is 5.97 Å². The molecule has 74 valence electrons. The molecule has 1 heterocycles. The predicted octanol–water partition coefficient (Wildman–Crippen LogP) is 1.10. The molecule has 3 unspecified atom stereocenters. The highest BCUT2D eigenvalue weighted by atomic mass is 16.7. The average Bonchev–Trinajstić information content (AvgIpc) is 2.78. The fourth-order valence-corrected chi connectivity index (χ4v) is 2.47. The van der Waals surface area contributed by atoms with E-state index < -0.39 is 5.60 Å². The maximum absolute atomic E-state index is 11.1. The number of aliphatic hydroxyl groups excluding tert-OH is 1. The molecule has 1 aliphatic carbocycles. The second-order valence-electron chi connectivity index (χ2n) is 4.41. The molecule has 0 aromatic rings. The predicted molar refractivity (Wildman–Crippen MR) is 47.0 cm³/mol. The Kier molecular flexibility index (Phi) is 2.06. The Morgan fingerprint density at radius 1 is 1.62 bits per heavy atom. The second kappa shape index (κ2) is 2.98. The lowest BCUT2D eigenvalue weighted by molar-refractivity contribution is -0.117. The van der Waals surface area contributed by atoms with Crippen LogP contribution in [0.25, 0.3) is 0 Å². The van der Waals surface area contributed by atoms with E-state index in [2.05, 4.69) is 6.92 Å². The molecule has 2 aliphatic rings. The Morgan fingerprint density at radius 3 is 2.77 bits per heavy atom. The summed E-state index contributed by atoms with van der Waals surface area (Å²) in [5, 5.41) is 9.12. The second-order valence-corrected chi connectivity index (χ2v) is 4.41. The SMILES string of the molecule is CC1CCCC(C2(CO)OC2=O)C1. The highest BCUT2D eigenvalue weighted by Crippen LogP contribution is 2.45. The van der Waals surface area contributed by atoms with Crippen molar-refractivity contribution in [1.29, 1.82) is 0 Å². The Morgan fingerprint density at radius 2 is 2.31 bits per heavy atom. The third-order valence-electron chi connectivity index (χ3n) is 3.41. The first-order chi connectivity index (χ1) is 6.19. The molecule has 1 saturated carbocycles. The van der Waals surface area contributed by atoms with E-state index in [1.807, 2.05) is 0 Å². The van der Waals surface area contributed by atoms with Crippen molar-refractivity contribution in [1.82, 2.24) is 0 Å². The monoisotopic (exact) mass is 184 g/mol. The van der Waals surface area contributed by atoms with Gasteiger partial charge in [-0.3, -0.25) is 0 Å². The van der Waals surface area contributed by atoms with Gasteiger partial charge in [0.1, 0.15) is 0 Å². The molecule has 0 bridgehead atoms. The molecule has 3 atom stereocenters. The Balaban J connectivity index is 2.03. The van der Waals surface area contributed by atoms with E-state index in [0.29, 0.717) is 5.92 Å². The van der Waals surface area contributed by atoms with Crippen LogP contribution in [-0.2, 0) is 9.53 Å². The van der Waals surface area contributed by atoms with Crippen molar-refractivity contribution in [2.45, 2.75) is 38.2 Å². The molecule has 1 saturated heterocycles. The maximum atomic E-state index is 11.1. The lowest BCUT2D eigenvalue weighted by Gasteiger charge is -2.28. The van der Waals surface area contributed by atoms with Gasteiger partial charge in [0.05, 0.1) is 6.61 Å². The number of hydrogen-bond donors (Lipinski definition) is 1. The van der Waals surface area contributed by atoms with E-state index in [4.69, 9.17) is 9.84 Å². The van der Waals surface area contributed by atoms with Crippen LogP contribution in [0.4, 0.5) is 0 Å². The van der Waals surface area contributed by atoms with Crippen LogP contribution in [0.3, 0.4) is 0 Å². The average molecular weight is 184 g/mol. The molecule has 13 heavy (non-hydrogen) atoms. The van der Waals surface area contributed by atoms with Gasteiger partial charge in [-0.1, -0.05) is 19.8 Å². The van der Waals surface area contributed by atoms with Crippen molar-refractivity contribution < 1.29 is 14.6 Å². The van der Waals surface area contributed by atoms with Crippen LogP contribution in [0.2, 0.25) is 0 Å². The summed E-state index contributed by atoms with van der Waals surface area (Å²) in [5.41, 5.74) is -0.783. The van der Waals surface area contributed by atoms with Crippen LogP contribution in [0.15, 0.2) is 0 Å². The van der Waals surface area contributed by atoms with Gasteiger partial charge in [-0.05, 0) is 18.8 Å². The number of carbonyl (C=O) groups excluding carboxylic acids is 1. The zero-order chi connectivity index (χ0) is 9.47. The molecule has 3 heteroatoms. The maximum Gasteiger partial charge on any atom is 0.354 e. The summed E-state index contributed by atoms with van der Waals surface area (Å²) in [6.07, 6.45) is 4.44. The van der Waals surface area contributed by atoms with Crippen LogP contribution in [-0.4, -0.2) is 23.3 Å². The van der Waals surface area contributed by atoms with Gasteiger partial charge in [0.15, 0.2) is 0 Å². The van der Waals surface area contributed by atoms with E-state index in [0.717, 1.165) is 19.3 Å². The van der Waals surface area contributed by atoms with E-state index in [1.54, 1.807) is 0 Å². The van der Waals surface area contributed by atoms with E-state index in [-0.39, 0.29) is 18.5 Å². The Bertz CT molecular complexity index is 226. The number of cyclic esters (lactones) is 1. The number of hydrogen-bond acceptors (Lipinski definition) is 3. The fourth-order valence-electron chi connectivity index (χ4n) is 2.47. The van der Waals surface area contributed by atoms with Gasteiger partial charge in [-0.15, -0.1) is 0 Å². The highest BCUT2D eigenvalue weighted by Gasteiger charge is 2.63. The van der Waals surface area contributed by atoms with E-state index in [1.165, 1.54) is 6.42 Å². The Hall–Kier alpha value is -0.570. The molecule has 0 amide bonds. The molecule has 0 aromatic heterocycles. The molecule has 1 N–H and O–H groups in total. The number of epoxide rings is 1. The molecular formula is C10H16O3. The minimum absolute atomic E-state index is 0.136. The zero-order valence-electron chi connectivity index (χ0n) is 7.95. The van der Waals surface area contributed by atoms with Gasteiger partial charge >= 0.3 is 5.97 Å². The van der Waals surface area contributed by atoms with Gasteiger partial charge in [0.25, 0.3) is 0 Å². The topological polar surface area (TPSA) is 49.8 Å². The largest absolute Gasteiger partial charge is 0.441 e. The number of aliphatic hydroxyl groups is 1. The van der Waals surface area contributed by atoms with Crippen molar-refractivity contribution in [3.8, 4) is 0 Å². The number of rotatable bonds is 2. The zero-order valence-corrected chi connectivity index (χ0v) is 7.95. The van der Waals surface area contributed by atoms with Crippen LogP contribution >= 0.6 is 0 Å². The third kappa shape index (κ3) is 1.35. The van der Waals surface area contributed by atoms with Gasteiger partial charge in [-0.25, -0.2) is 4.79 Å². The van der Waals surface area contributed by atoms with Gasteiger partial charge in [0, 0.05) is 5.92 Å². The molecule has 2 rings (SSSR count).